The lowest BCUT2D eigenvalue weighted by atomic mass is 10.0. The molecular weight excluding hydrogens is 378 g/mol. The fourth-order valence-corrected chi connectivity index (χ4v) is 4.87. The van der Waals surface area contributed by atoms with Gasteiger partial charge in [0.25, 0.3) is 0 Å². The van der Waals surface area contributed by atoms with Crippen molar-refractivity contribution >= 4 is 16.7 Å². The summed E-state index contributed by atoms with van der Waals surface area (Å²) in [5.74, 6) is 1.94. The molecule has 30 heavy (non-hydrogen) atoms. The molecule has 0 amide bonds. The third kappa shape index (κ3) is 3.46. The van der Waals surface area contributed by atoms with Crippen molar-refractivity contribution in [3.63, 3.8) is 0 Å². The number of hydrogen-bond donors (Lipinski definition) is 3. The number of Topliss-reactive ketones (excluding diaryl/α,β-unsaturated/α-hetero) is 1. The molecule has 1 fully saturated rings. The Bertz CT molecular complexity index is 1080. The molecule has 2 aliphatic rings. The third-order valence-electron chi connectivity index (χ3n) is 6.64. The van der Waals surface area contributed by atoms with Crippen LogP contribution in [0.2, 0.25) is 0 Å². The first-order valence-corrected chi connectivity index (χ1v) is 10.8. The van der Waals surface area contributed by atoms with Gasteiger partial charge in [-0.15, -0.1) is 0 Å². The van der Waals surface area contributed by atoms with Crippen LogP contribution in [0.25, 0.3) is 10.9 Å². The minimum absolute atomic E-state index is 0.0324. The number of fused-ring (bicyclic) bond motifs is 2. The number of carbonyl (C=O) groups is 1. The number of piperazine rings is 1. The van der Waals surface area contributed by atoms with E-state index < -0.39 is 0 Å². The molecule has 1 atom stereocenters. The number of carbonyl (C=O) groups excluding carboxylic acids is 1. The van der Waals surface area contributed by atoms with E-state index in [0.717, 1.165) is 66.4 Å². The number of benzene rings is 2. The molecule has 0 bridgehead atoms. The van der Waals surface area contributed by atoms with Crippen molar-refractivity contribution in [1.29, 1.82) is 0 Å². The van der Waals surface area contributed by atoms with E-state index in [9.17, 15) is 4.79 Å². The molecule has 0 unspecified atom stereocenters. The zero-order chi connectivity index (χ0) is 20.7. The van der Waals surface area contributed by atoms with Gasteiger partial charge in [-0.2, -0.15) is 0 Å². The smallest absolute Gasteiger partial charge is 0.231 e. The highest BCUT2D eigenvalue weighted by molar-refractivity contribution is 6.10. The molecule has 0 saturated carbocycles. The van der Waals surface area contributed by atoms with Crippen molar-refractivity contribution in [2.24, 2.45) is 0 Å². The highest BCUT2D eigenvalue weighted by atomic mass is 16.7. The number of aromatic amines is 1. The van der Waals surface area contributed by atoms with Gasteiger partial charge in [0.05, 0.1) is 5.56 Å². The number of hydrogen-bond acceptors (Lipinski definition) is 3. The third-order valence-corrected chi connectivity index (χ3v) is 6.64. The van der Waals surface area contributed by atoms with Crippen LogP contribution in [-0.4, -0.2) is 49.8 Å². The Kier molecular flexibility index (Phi) is 4.97. The van der Waals surface area contributed by atoms with Crippen LogP contribution in [0, 0.1) is 6.92 Å². The fraction of sp³-hybridized carbons (Fsp3) is 0.375. The quantitative estimate of drug-likeness (QED) is 0.548. The summed E-state index contributed by atoms with van der Waals surface area (Å²) in [5, 5.41) is 1.04. The molecule has 0 radical (unpaired) electrons. The fourth-order valence-electron chi connectivity index (χ4n) is 4.87. The summed E-state index contributed by atoms with van der Waals surface area (Å²) in [6.45, 7) is 9.53. The molecule has 3 aromatic rings. The molecule has 3 N–H and O–H groups in total. The van der Waals surface area contributed by atoms with E-state index in [1.807, 2.05) is 37.3 Å². The second-order valence-corrected chi connectivity index (χ2v) is 8.53. The summed E-state index contributed by atoms with van der Waals surface area (Å²) in [6, 6.07) is 14.3. The second kappa shape index (κ2) is 7.78. The van der Waals surface area contributed by atoms with Crippen LogP contribution in [-0.2, 0) is 6.54 Å². The van der Waals surface area contributed by atoms with Crippen molar-refractivity contribution in [2.45, 2.75) is 26.4 Å². The number of ether oxygens (including phenoxy) is 2. The average molecular weight is 408 g/mol. The van der Waals surface area contributed by atoms with Gasteiger partial charge in [0.1, 0.15) is 38.8 Å². The number of nitrogens with one attached hydrogen (secondary N) is 3. The number of aromatic nitrogens is 1. The summed E-state index contributed by atoms with van der Waals surface area (Å²) in [6.07, 6.45) is 0. The predicted octanol–water partition coefficient (Wildman–Crippen LogP) is 0.760. The normalized spacial score (nSPS) is 21.7. The Morgan fingerprint density at radius 3 is 2.67 bits per heavy atom. The summed E-state index contributed by atoms with van der Waals surface area (Å²) < 4.78 is 10.9. The van der Waals surface area contributed by atoms with Crippen LogP contribution in [0.3, 0.4) is 0 Å². The molecule has 1 aromatic heterocycles. The lowest BCUT2D eigenvalue weighted by Crippen LogP contribution is -3.29. The minimum Gasteiger partial charge on any atom is -0.454 e. The molecule has 2 aliphatic heterocycles. The SMILES string of the molecule is Cc1[nH]c2ccccc2c1C(=O)[C@H](C)[NH+]1CC[NH+](Cc2ccc3c(c2)OCO3)CC1. The van der Waals surface area contributed by atoms with Gasteiger partial charge in [-0.05, 0) is 38.1 Å². The van der Waals surface area contributed by atoms with E-state index >= 15 is 0 Å². The average Bonchev–Trinajstić information content (AvgIpc) is 3.36. The van der Waals surface area contributed by atoms with E-state index in [1.165, 1.54) is 10.5 Å². The second-order valence-electron chi connectivity index (χ2n) is 8.53. The van der Waals surface area contributed by atoms with Gasteiger partial charge >= 0.3 is 0 Å². The number of rotatable bonds is 5. The predicted molar refractivity (Wildman–Crippen MR) is 114 cm³/mol. The van der Waals surface area contributed by atoms with Gasteiger partial charge in [0.2, 0.25) is 12.6 Å². The molecule has 1 saturated heterocycles. The maximum atomic E-state index is 13.3. The number of quaternary nitrogens is 2. The standard InChI is InChI=1S/C24H27N3O3/c1-16-23(19-5-3-4-6-20(19)25-16)24(28)17(2)27-11-9-26(10-12-27)14-18-7-8-21-22(13-18)30-15-29-21/h3-8,13,17,25H,9-12,14-15H2,1-2H3/p+2/t17-/m0/s1. The number of aryl methyl sites for hydroxylation is 1. The molecule has 0 aliphatic carbocycles. The Balaban J connectivity index is 1.23. The van der Waals surface area contributed by atoms with Crippen LogP contribution < -0.4 is 19.3 Å². The van der Waals surface area contributed by atoms with E-state index in [4.69, 9.17) is 9.47 Å². The maximum absolute atomic E-state index is 13.3. The van der Waals surface area contributed by atoms with Crippen LogP contribution in [0.1, 0.15) is 28.5 Å². The van der Waals surface area contributed by atoms with E-state index in [0.29, 0.717) is 6.79 Å². The zero-order valence-electron chi connectivity index (χ0n) is 17.6. The number of ketones is 1. The first kappa shape index (κ1) is 19.2. The summed E-state index contributed by atoms with van der Waals surface area (Å²) >= 11 is 0. The van der Waals surface area contributed by atoms with Crippen molar-refractivity contribution in [3.05, 3.63) is 59.3 Å². The van der Waals surface area contributed by atoms with Crippen molar-refractivity contribution in [3.8, 4) is 11.5 Å². The van der Waals surface area contributed by atoms with Gasteiger partial charge in [0.15, 0.2) is 11.5 Å². The number of H-pyrrole nitrogens is 1. The monoisotopic (exact) mass is 407 g/mol. The van der Waals surface area contributed by atoms with E-state index in [2.05, 4.69) is 24.0 Å². The maximum Gasteiger partial charge on any atom is 0.231 e. The Hall–Kier alpha value is -2.83. The molecule has 2 aromatic carbocycles. The van der Waals surface area contributed by atoms with Crippen LogP contribution in [0.5, 0.6) is 11.5 Å². The van der Waals surface area contributed by atoms with Crippen molar-refractivity contribution in [1.82, 2.24) is 4.98 Å². The summed E-state index contributed by atoms with van der Waals surface area (Å²) in [5.41, 5.74) is 4.15. The molecule has 0 spiro atoms. The number of para-hydroxylation sites is 1. The van der Waals surface area contributed by atoms with Crippen LogP contribution in [0.15, 0.2) is 42.5 Å². The zero-order valence-corrected chi connectivity index (χ0v) is 17.6. The van der Waals surface area contributed by atoms with E-state index in [1.54, 1.807) is 4.90 Å². The highest BCUT2D eigenvalue weighted by Crippen LogP contribution is 2.32. The first-order valence-electron chi connectivity index (χ1n) is 10.8. The molecule has 5 rings (SSSR count). The Morgan fingerprint density at radius 2 is 1.83 bits per heavy atom. The first-order chi connectivity index (χ1) is 14.6. The lowest BCUT2D eigenvalue weighted by Gasteiger charge is -2.32. The van der Waals surface area contributed by atoms with Crippen molar-refractivity contribution < 1.29 is 24.1 Å². The van der Waals surface area contributed by atoms with Crippen LogP contribution >= 0.6 is 0 Å². The summed E-state index contributed by atoms with van der Waals surface area (Å²) in [4.78, 5) is 19.7. The van der Waals surface area contributed by atoms with Crippen LogP contribution in [0.4, 0.5) is 0 Å². The highest BCUT2D eigenvalue weighted by Gasteiger charge is 2.33. The van der Waals surface area contributed by atoms with Crippen molar-refractivity contribution in [2.75, 3.05) is 33.0 Å². The summed E-state index contributed by atoms with van der Waals surface area (Å²) in [7, 11) is 0. The van der Waals surface area contributed by atoms with Gasteiger partial charge in [-0.25, -0.2) is 0 Å². The Morgan fingerprint density at radius 1 is 1.07 bits per heavy atom. The van der Waals surface area contributed by atoms with Gasteiger partial charge in [-0.3, -0.25) is 4.79 Å². The lowest BCUT2D eigenvalue weighted by molar-refractivity contribution is -1.02. The molecule has 6 nitrogen and oxygen atoms in total. The topological polar surface area (TPSA) is 60.2 Å². The molecular formula is C24H29N3O3+2. The minimum atomic E-state index is -0.0324. The largest absolute Gasteiger partial charge is 0.454 e. The molecule has 156 valence electrons. The van der Waals surface area contributed by atoms with Gasteiger partial charge < -0.3 is 24.3 Å². The Labute approximate surface area is 176 Å². The molecule has 3 heterocycles. The van der Waals surface area contributed by atoms with Gasteiger partial charge in [0, 0.05) is 22.2 Å². The molecule has 6 heteroatoms. The van der Waals surface area contributed by atoms with E-state index in [-0.39, 0.29) is 11.8 Å². The van der Waals surface area contributed by atoms with Gasteiger partial charge in [-0.1, -0.05) is 18.2 Å².